The first-order chi connectivity index (χ1) is 8.56. The van der Waals surface area contributed by atoms with E-state index < -0.39 is 0 Å². The Morgan fingerprint density at radius 2 is 1.89 bits per heavy atom. The maximum atomic E-state index is 5.91. The van der Waals surface area contributed by atoms with Crippen molar-refractivity contribution in [1.82, 2.24) is 10.2 Å². The number of hydrogen-bond donors (Lipinski definition) is 2. The van der Waals surface area contributed by atoms with Crippen LogP contribution in [0.1, 0.15) is 5.56 Å². The van der Waals surface area contributed by atoms with Crippen LogP contribution in [0.2, 0.25) is 10.0 Å². The lowest BCUT2D eigenvalue weighted by molar-refractivity contribution is 1.03. The van der Waals surface area contributed by atoms with Gasteiger partial charge in [-0.2, -0.15) is 5.10 Å². The number of hydrogen-bond acceptors (Lipinski definition) is 4. The summed E-state index contributed by atoms with van der Waals surface area (Å²) in [6, 6.07) is 6.75. The van der Waals surface area contributed by atoms with Gasteiger partial charge in [0.2, 0.25) is 0 Å². The highest BCUT2D eigenvalue weighted by molar-refractivity contribution is 7.80. The Labute approximate surface area is 119 Å². The maximum Gasteiger partial charge on any atom is 0.163 e. The molecule has 0 aliphatic heterocycles. The van der Waals surface area contributed by atoms with E-state index >= 15 is 0 Å². The summed E-state index contributed by atoms with van der Waals surface area (Å²) in [5.74, 6) is 0.461. The Morgan fingerprint density at radius 3 is 2.50 bits per heavy atom. The zero-order chi connectivity index (χ0) is 13.1. The topological polar surface area (TPSA) is 63.8 Å². The smallest absolute Gasteiger partial charge is 0.163 e. The number of thiocarbonyl (C=S) groups is 1. The van der Waals surface area contributed by atoms with E-state index in [9.17, 15) is 0 Å². The fraction of sp³-hybridized carbons (Fsp3) is 0. The summed E-state index contributed by atoms with van der Waals surface area (Å²) < 4.78 is 0. The third-order valence-corrected chi connectivity index (χ3v) is 2.77. The van der Waals surface area contributed by atoms with Gasteiger partial charge in [0, 0.05) is 15.7 Å². The Bertz CT molecular complexity index is 583. The predicted molar refractivity (Wildman–Crippen MR) is 77.7 cm³/mol. The minimum atomic E-state index is 0.237. The molecule has 0 atom stereocenters. The van der Waals surface area contributed by atoms with Crippen LogP contribution in [0, 0.1) is 0 Å². The van der Waals surface area contributed by atoms with Gasteiger partial charge in [0.05, 0.1) is 11.8 Å². The monoisotopic (exact) mass is 298 g/mol. The zero-order valence-corrected chi connectivity index (χ0v) is 11.4. The van der Waals surface area contributed by atoms with E-state index in [-0.39, 0.29) is 4.99 Å². The van der Waals surface area contributed by atoms with Gasteiger partial charge in [0.15, 0.2) is 5.82 Å². The fourth-order valence-corrected chi connectivity index (χ4v) is 2.08. The lowest BCUT2D eigenvalue weighted by atomic mass is 10.2. The molecule has 0 aliphatic carbocycles. The minimum absolute atomic E-state index is 0.237. The van der Waals surface area contributed by atoms with E-state index in [1.165, 1.54) is 6.20 Å². The van der Waals surface area contributed by atoms with Gasteiger partial charge in [0.1, 0.15) is 4.99 Å². The maximum absolute atomic E-state index is 5.91. The number of nitrogens with one attached hydrogen (secondary N) is 1. The van der Waals surface area contributed by atoms with E-state index in [0.29, 0.717) is 27.1 Å². The molecule has 0 radical (unpaired) electrons. The van der Waals surface area contributed by atoms with Crippen molar-refractivity contribution in [2.24, 2.45) is 5.73 Å². The molecular weight excluding hydrogens is 291 g/mol. The summed E-state index contributed by atoms with van der Waals surface area (Å²) in [7, 11) is 0. The molecule has 1 heterocycles. The molecule has 92 valence electrons. The molecule has 0 bridgehead atoms. The number of benzene rings is 1. The zero-order valence-electron chi connectivity index (χ0n) is 9.02. The van der Waals surface area contributed by atoms with Crippen LogP contribution in [0.15, 0.2) is 30.5 Å². The third-order valence-electron chi connectivity index (χ3n) is 2.11. The van der Waals surface area contributed by atoms with Crippen molar-refractivity contribution in [2.45, 2.75) is 0 Å². The highest BCUT2D eigenvalue weighted by atomic mass is 35.5. The molecule has 0 saturated carbocycles. The Morgan fingerprint density at radius 1 is 1.22 bits per heavy atom. The quantitative estimate of drug-likeness (QED) is 0.852. The average Bonchev–Trinajstić information content (AvgIpc) is 2.27. The lowest BCUT2D eigenvalue weighted by Crippen LogP contribution is -2.13. The first kappa shape index (κ1) is 13.0. The summed E-state index contributed by atoms with van der Waals surface area (Å²) >= 11 is 16.8. The van der Waals surface area contributed by atoms with Crippen molar-refractivity contribution in [1.29, 1.82) is 0 Å². The van der Waals surface area contributed by atoms with Gasteiger partial charge in [0.25, 0.3) is 0 Å². The number of halogens is 2. The summed E-state index contributed by atoms with van der Waals surface area (Å²) in [5.41, 5.74) is 6.89. The Hall–Kier alpha value is -1.43. The number of nitrogens with two attached hydrogens (primary N) is 1. The van der Waals surface area contributed by atoms with Gasteiger partial charge in [-0.25, -0.2) is 0 Å². The van der Waals surface area contributed by atoms with Crippen LogP contribution in [-0.2, 0) is 0 Å². The number of anilines is 2. The van der Waals surface area contributed by atoms with Crippen LogP contribution in [0.25, 0.3) is 0 Å². The first-order valence-electron chi connectivity index (χ1n) is 4.91. The molecule has 4 nitrogen and oxygen atoms in total. The van der Waals surface area contributed by atoms with Crippen molar-refractivity contribution in [3.05, 3.63) is 46.1 Å². The first-order valence-corrected chi connectivity index (χ1v) is 6.07. The van der Waals surface area contributed by atoms with Crippen LogP contribution in [0.3, 0.4) is 0 Å². The summed E-state index contributed by atoms with van der Waals surface area (Å²) in [6.07, 6.45) is 1.52. The minimum Gasteiger partial charge on any atom is -0.389 e. The summed E-state index contributed by atoms with van der Waals surface area (Å²) in [5, 5.41) is 11.8. The van der Waals surface area contributed by atoms with E-state index in [2.05, 4.69) is 15.5 Å². The van der Waals surface area contributed by atoms with Gasteiger partial charge < -0.3 is 11.1 Å². The number of nitrogens with zero attached hydrogens (tertiary/aromatic N) is 2. The molecule has 0 spiro atoms. The number of aromatic nitrogens is 2. The molecule has 0 aliphatic rings. The van der Waals surface area contributed by atoms with Crippen LogP contribution in [0.5, 0.6) is 0 Å². The van der Waals surface area contributed by atoms with Crippen LogP contribution < -0.4 is 11.1 Å². The second kappa shape index (κ2) is 5.48. The molecule has 0 amide bonds. The molecule has 2 aromatic rings. The van der Waals surface area contributed by atoms with Crippen molar-refractivity contribution in [3.8, 4) is 0 Å². The second-order valence-electron chi connectivity index (χ2n) is 3.44. The molecule has 2 rings (SSSR count). The van der Waals surface area contributed by atoms with Crippen molar-refractivity contribution >= 4 is 51.9 Å². The SMILES string of the molecule is NC(=S)c1ccnnc1Nc1cc(Cl)cc(Cl)c1. The standard InChI is InChI=1S/C11H8Cl2N4S/c12-6-3-7(13)5-8(4-6)16-11-9(10(14)18)1-2-15-17-11/h1-5H,(H2,14,18)(H,16,17). The molecule has 0 saturated heterocycles. The van der Waals surface area contributed by atoms with Crippen LogP contribution in [-0.4, -0.2) is 15.2 Å². The highest BCUT2D eigenvalue weighted by Gasteiger charge is 2.07. The van der Waals surface area contributed by atoms with Crippen molar-refractivity contribution < 1.29 is 0 Å². The van der Waals surface area contributed by atoms with Crippen molar-refractivity contribution in [2.75, 3.05) is 5.32 Å². The van der Waals surface area contributed by atoms with Gasteiger partial charge in [-0.3, -0.25) is 0 Å². The summed E-state index contributed by atoms with van der Waals surface area (Å²) in [4.78, 5) is 0.237. The van der Waals surface area contributed by atoms with E-state index in [1.807, 2.05) is 0 Å². The second-order valence-corrected chi connectivity index (χ2v) is 4.75. The van der Waals surface area contributed by atoms with Crippen molar-refractivity contribution in [3.63, 3.8) is 0 Å². The molecule has 18 heavy (non-hydrogen) atoms. The molecule has 7 heteroatoms. The summed E-state index contributed by atoms with van der Waals surface area (Å²) in [6.45, 7) is 0. The predicted octanol–water partition coefficient (Wildman–Crippen LogP) is 3.16. The number of rotatable bonds is 3. The Balaban J connectivity index is 2.37. The van der Waals surface area contributed by atoms with Gasteiger partial charge in [-0.15, -0.1) is 5.10 Å². The van der Waals surface area contributed by atoms with Crippen LogP contribution >= 0.6 is 35.4 Å². The molecule has 1 aromatic carbocycles. The van der Waals surface area contributed by atoms with Gasteiger partial charge >= 0.3 is 0 Å². The largest absolute Gasteiger partial charge is 0.389 e. The average molecular weight is 299 g/mol. The molecule has 1 aromatic heterocycles. The van der Waals surface area contributed by atoms with Gasteiger partial charge in [-0.05, 0) is 24.3 Å². The van der Waals surface area contributed by atoms with Gasteiger partial charge in [-0.1, -0.05) is 35.4 Å². The van der Waals surface area contributed by atoms with E-state index in [1.54, 1.807) is 24.3 Å². The third kappa shape index (κ3) is 3.07. The molecular formula is C11H8Cl2N4S. The molecule has 3 N–H and O–H groups in total. The van der Waals surface area contributed by atoms with E-state index in [4.69, 9.17) is 41.2 Å². The highest BCUT2D eigenvalue weighted by Crippen LogP contribution is 2.25. The van der Waals surface area contributed by atoms with E-state index in [0.717, 1.165) is 0 Å². The lowest BCUT2D eigenvalue weighted by Gasteiger charge is -2.09. The molecule has 0 unspecified atom stereocenters. The Kier molecular flexibility index (Phi) is 3.96. The molecule has 0 fully saturated rings. The fourth-order valence-electron chi connectivity index (χ4n) is 1.39. The van der Waals surface area contributed by atoms with Crippen LogP contribution in [0.4, 0.5) is 11.5 Å². The normalized spacial score (nSPS) is 10.1.